The zero-order chi connectivity index (χ0) is 12.7. The van der Waals surface area contributed by atoms with E-state index in [2.05, 4.69) is 22.3 Å². The van der Waals surface area contributed by atoms with E-state index in [0.717, 1.165) is 16.6 Å². The van der Waals surface area contributed by atoms with Gasteiger partial charge in [0.15, 0.2) is 0 Å². The van der Waals surface area contributed by atoms with Crippen molar-refractivity contribution in [2.24, 2.45) is 12.8 Å². The number of fused-ring (bicyclic) bond motifs is 1. The third-order valence-electron chi connectivity index (χ3n) is 3.00. The molecule has 2 aromatic heterocycles. The van der Waals surface area contributed by atoms with Gasteiger partial charge in [-0.3, -0.25) is 0 Å². The quantitative estimate of drug-likeness (QED) is 0.748. The Balaban J connectivity index is 2.15. The van der Waals surface area contributed by atoms with Gasteiger partial charge in [-0.1, -0.05) is 18.2 Å². The minimum Gasteiger partial charge on any atom is -0.418 e. The van der Waals surface area contributed by atoms with Crippen LogP contribution in [-0.4, -0.2) is 14.8 Å². The minimum atomic E-state index is -0.249. The van der Waals surface area contributed by atoms with Gasteiger partial charge in [0.05, 0.1) is 6.04 Å². The maximum atomic E-state index is 5.72. The third-order valence-corrected chi connectivity index (χ3v) is 3.00. The van der Waals surface area contributed by atoms with Crippen LogP contribution in [-0.2, 0) is 7.05 Å². The Morgan fingerprint density at radius 3 is 2.72 bits per heavy atom. The highest BCUT2D eigenvalue weighted by Gasteiger charge is 2.15. The first-order valence-electron chi connectivity index (χ1n) is 5.80. The second-order valence-corrected chi connectivity index (χ2v) is 4.38. The van der Waals surface area contributed by atoms with Crippen molar-refractivity contribution in [3.63, 3.8) is 0 Å². The van der Waals surface area contributed by atoms with Crippen molar-refractivity contribution in [1.82, 2.24) is 14.8 Å². The molecule has 5 nitrogen and oxygen atoms in total. The van der Waals surface area contributed by atoms with E-state index in [1.165, 1.54) is 0 Å². The lowest BCUT2D eigenvalue weighted by Crippen LogP contribution is -2.04. The molecule has 0 radical (unpaired) electrons. The van der Waals surface area contributed by atoms with Crippen LogP contribution in [0.25, 0.3) is 22.5 Å². The predicted octanol–water partition coefficient (Wildman–Crippen LogP) is 2.25. The zero-order valence-electron chi connectivity index (χ0n) is 10.3. The lowest BCUT2D eigenvalue weighted by Gasteiger charge is -1.99. The van der Waals surface area contributed by atoms with Gasteiger partial charge in [-0.15, -0.1) is 10.2 Å². The van der Waals surface area contributed by atoms with E-state index in [1.54, 1.807) is 0 Å². The van der Waals surface area contributed by atoms with Gasteiger partial charge in [0.2, 0.25) is 5.89 Å². The molecule has 3 aromatic rings. The van der Waals surface area contributed by atoms with E-state index < -0.39 is 0 Å². The lowest BCUT2D eigenvalue weighted by molar-refractivity contribution is 0.471. The molecule has 0 fully saturated rings. The van der Waals surface area contributed by atoms with Gasteiger partial charge in [-0.25, -0.2) is 0 Å². The number of rotatable bonds is 2. The van der Waals surface area contributed by atoms with Gasteiger partial charge in [0, 0.05) is 18.0 Å². The molecule has 0 saturated heterocycles. The Morgan fingerprint density at radius 2 is 2.06 bits per heavy atom. The van der Waals surface area contributed by atoms with Crippen LogP contribution in [0.4, 0.5) is 0 Å². The number of benzene rings is 1. The second kappa shape index (κ2) is 3.96. The molecule has 1 atom stereocenters. The van der Waals surface area contributed by atoms with E-state index >= 15 is 0 Å². The van der Waals surface area contributed by atoms with Crippen LogP contribution in [0.3, 0.4) is 0 Å². The Hall–Kier alpha value is -2.14. The molecule has 2 N–H and O–H groups in total. The molecule has 0 aliphatic carbocycles. The smallest absolute Gasteiger partial charge is 0.264 e. The third kappa shape index (κ3) is 1.60. The summed E-state index contributed by atoms with van der Waals surface area (Å²) in [6.07, 6.45) is 0. The van der Waals surface area contributed by atoms with Crippen molar-refractivity contribution in [2.45, 2.75) is 13.0 Å². The number of nitrogens with zero attached hydrogens (tertiary/aromatic N) is 3. The molecule has 5 heteroatoms. The van der Waals surface area contributed by atoms with Crippen LogP contribution in [0.5, 0.6) is 0 Å². The number of aromatic nitrogens is 3. The molecule has 3 rings (SSSR count). The van der Waals surface area contributed by atoms with Gasteiger partial charge in [0.25, 0.3) is 5.89 Å². The molecule has 1 aromatic carbocycles. The van der Waals surface area contributed by atoms with E-state index in [9.17, 15) is 0 Å². The number of hydrogen-bond donors (Lipinski definition) is 1. The fraction of sp³-hybridized carbons (Fsp3) is 0.231. The van der Waals surface area contributed by atoms with E-state index in [4.69, 9.17) is 10.2 Å². The first-order valence-corrected chi connectivity index (χ1v) is 5.80. The van der Waals surface area contributed by atoms with Gasteiger partial charge in [0.1, 0.15) is 5.69 Å². The van der Waals surface area contributed by atoms with E-state index in [-0.39, 0.29) is 6.04 Å². The summed E-state index contributed by atoms with van der Waals surface area (Å²) < 4.78 is 7.61. The minimum absolute atomic E-state index is 0.249. The number of hydrogen-bond acceptors (Lipinski definition) is 4. The number of nitrogens with two attached hydrogens (primary N) is 1. The fourth-order valence-corrected chi connectivity index (χ4v) is 2.02. The van der Waals surface area contributed by atoms with Crippen LogP contribution in [0, 0.1) is 0 Å². The lowest BCUT2D eigenvalue weighted by atomic mass is 10.2. The first kappa shape index (κ1) is 11.0. The topological polar surface area (TPSA) is 69.9 Å². The van der Waals surface area contributed by atoms with Gasteiger partial charge >= 0.3 is 0 Å². The Labute approximate surface area is 104 Å². The largest absolute Gasteiger partial charge is 0.418 e. The molecular weight excluding hydrogens is 228 g/mol. The summed E-state index contributed by atoms with van der Waals surface area (Å²) in [6.45, 7) is 1.82. The zero-order valence-corrected chi connectivity index (χ0v) is 10.3. The van der Waals surface area contributed by atoms with E-state index in [0.29, 0.717) is 11.8 Å². The summed E-state index contributed by atoms with van der Waals surface area (Å²) in [5.41, 5.74) is 7.75. The summed E-state index contributed by atoms with van der Waals surface area (Å²) in [5, 5.41) is 9.14. The molecular formula is C13H14N4O. The Morgan fingerprint density at radius 1 is 1.28 bits per heavy atom. The van der Waals surface area contributed by atoms with Crippen molar-refractivity contribution in [2.75, 3.05) is 0 Å². The summed E-state index contributed by atoms with van der Waals surface area (Å²) in [6, 6.07) is 9.92. The maximum Gasteiger partial charge on any atom is 0.264 e. The van der Waals surface area contributed by atoms with Crippen LogP contribution in [0.1, 0.15) is 18.9 Å². The van der Waals surface area contributed by atoms with Crippen LogP contribution < -0.4 is 5.73 Å². The molecule has 18 heavy (non-hydrogen) atoms. The van der Waals surface area contributed by atoms with Gasteiger partial charge in [-0.05, 0) is 19.1 Å². The van der Waals surface area contributed by atoms with Crippen molar-refractivity contribution in [3.8, 4) is 11.6 Å². The molecule has 0 saturated carbocycles. The number of para-hydroxylation sites is 1. The Bertz CT molecular complexity index is 696. The monoisotopic (exact) mass is 242 g/mol. The summed E-state index contributed by atoms with van der Waals surface area (Å²) in [7, 11) is 1.98. The SMILES string of the molecule is CC(N)c1nnc(-c2cc3ccccc3n2C)o1. The average molecular weight is 242 g/mol. The molecule has 0 spiro atoms. The molecule has 0 aliphatic heterocycles. The highest BCUT2D eigenvalue weighted by molar-refractivity contribution is 5.85. The first-order chi connectivity index (χ1) is 8.66. The highest BCUT2D eigenvalue weighted by Crippen LogP contribution is 2.26. The van der Waals surface area contributed by atoms with Crippen LogP contribution in [0.15, 0.2) is 34.7 Å². The second-order valence-electron chi connectivity index (χ2n) is 4.38. The standard InChI is InChI=1S/C13H14N4O/c1-8(14)12-15-16-13(18-12)11-7-9-5-3-4-6-10(9)17(11)2/h3-8H,14H2,1-2H3. The molecule has 92 valence electrons. The molecule has 0 aliphatic rings. The Kier molecular flexibility index (Phi) is 2.41. The van der Waals surface area contributed by atoms with Crippen molar-refractivity contribution >= 4 is 10.9 Å². The van der Waals surface area contributed by atoms with Crippen molar-refractivity contribution in [3.05, 3.63) is 36.2 Å². The van der Waals surface area contributed by atoms with Gasteiger partial charge in [-0.2, -0.15) is 0 Å². The normalized spacial score (nSPS) is 13.1. The molecule has 1 unspecified atom stereocenters. The summed E-state index contributed by atoms with van der Waals surface area (Å²) >= 11 is 0. The van der Waals surface area contributed by atoms with Crippen LogP contribution in [0.2, 0.25) is 0 Å². The average Bonchev–Trinajstić information content (AvgIpc) is 2.95. The highest BCUT2D eigenvalue weighted by atomic mass is 16.4. The van der Waals surface area contributed by atoms with Gasteiger partial charge < -0.3 is 14.7 Å². The summed E-state index contributed by atoms with van der Waals surface area (Å²) in [5.74, 6) is 0.955. The maximum absolute atomic E-state index is 5.72. The number of aryl methyl sites for hydroxylation is 1. The van der Waals surface area contributed by atoms with Crippen molar-refractivity contribution in [1.29, 1.82) is 0 Å². The predicted molar refractivity (Wildman–Crippen MR) is 68.8 cm³/mol. The fourth-order valence-electron chi connectivity index (χ4n) is 2.02. The molecule has 0 bridgehead atoms. The summed E-state index contributed by atoms with van der Waals surface area (Å²) in [4.78, 5) is 0. The molecule has 2 heterocycles. The molecule has 0 amide bonds. The van der Waals surface area contributed by atoms with E-state index in [1.807, 2.05) is 36.7 Å². The van der Waals surface area contributed by atoms with Crippen LogP contribution >= 0.6 is 0 Å². The van der Waals surface area contributed by atoms with Crippen molar-refractivity contribution < 1.29 is 4.42 Å².